The topological polar surface area (TPSA) is 63.1 Å². The number of pyridine rings is 1. The number of piperidine rings is 1. The predicted molar refractivity (Wildman–Crippen MR) is 116 cm³/mol. The molecular formula is C22H23ClFN5O. The number of halogens is 2. The maximum Gasteiger partial charge on any atom is 0.227 e. The smallest absolute Gasteiger partial charge is 0.227 e. The van der Waals surface area contributed by atoms with Crippen LogP contribution in [0.5, 0.6) is 0 Å². The molecule has 1 saturated heterocycles. The molecule has 0 radical (unpaired) electrons. The SMILES string of the molecule is Cc1cc(C)n(-c2ccc(NC(=O)C3CCN(c4ccc(Cl)cn4)CC3)cc2F)n1. The molecule has 0 aliphatic carbocycles. The molecule has 0 unspecified atom stereocenters. The van der Waals surface area contributed by atoms with Crippen LogP contribution in [0.3, 0.4) is 0 Å². The van der Waals surface area contributed by atoms with E-state index in [1.807, 2.05) is 32.0 Å². The van der Waals surface area contributed by atoms with Crippen LogP contribution in [0, 0.1) is 25.6 Å². The zero-order valence-electron chi connectivity index (χ0n) is 16.9. The molecule has 1 aromatic carbocycles. The van der Waals surface area contributed by atoms with Gasteiger partial charge < -0.3 is 10.2 Å². The predicted octanol–water partition coefficient (Wildman–Crippen LogP) is 4.53. The van der Waals surface area contributed by atoms with Gasteiger partial charge in [0.05, 0.1) is 10.7 Å². The van der Waals surface area contributed by atoms with Crippen LogP contribution in [-0.2, 0) is 4.79 Å². The number of carbonyl (C=O) groups is 1. The van der Waals surface area contributed by atoms with Crippen molar-refractivity contribution in [3.8, 4) is 5.69 Å². The van der Waals surface area contributed by atoms with E-state index < -0.39 is 5.82 Å². The average molecular weight is 428 g/mol. The molecule has 0 bridgehead atoms. The molecule has 8 heteroatoms. The number of nitrogens with one attached hydrogen (secondary N) is 1. The van der Waals surface area contributed by atoms with E-state index in [0.717, 1.165) is 30.3 Å². The lowest BCUT2D eigenvalue weighted by molar-refractivity contribution is -0.120. The van der Waals surface area contributed by atoms with Crippen molar-refractivity contribution in [1.29, 1.82) is 0 Å². The quantitative estimate of drug-likeness (QED) is 0.664. The Labute approximate surface area is 179 Å². The van der Waals surface area contributed by atoms with Crippen molar-refractivity contribution in [3.63, 3.8) is 0 Å². The first-order valence-electron chi connectivity index (χ1n) is 9.91. The van der Waals surface area contributed by atoms with Crippen molar-refractivity contribution in [2.75, 3.05) is 23.3 Å². The van der Waals surface area contributed by atoms with Crippen LogP contribution >= 0.6 is 11.6 Å². The Bertz CT molecular complexity index is 1060. The lowest BCUT2D eigenvalue weighted by Crippen LogP contribution is -2.38. The first-order chi connectivity index (χ1) is 14.4. The van der Waals surface area contributed by atoms with Gasteiger partial charge in [-0.05, 0) is 63.1 Å². The zero-order valence-corrected chi connectivity index (χ0v) is 17.7. The summed E-state index contributed by atoms with van der Waals surface area (Å²) in [5, 5.41) is 7.77. The Hall–Kier alpha value is -2.93. The van der Waals surface area contributed by atoms with Gasteiger partial charge >= 0.3 is 0 Å². The summed E-state index contributed by atoms with van der Waals surface area (Å²) in [6, 6.07) is 10.3. The van der Waals surface area contributed by atoms with E-state index >= 15 is 0 Å². The minimum Gasteiger partial charge on any atom is -0.357 e. The highest BCUT2D eigenvalue weighted by Gasteiger charge is 2.26. The summed E-state index contributed by atoms with van der Waals surface area (Å²) in [5.74, 6) is 0.229. The van der Waals surface area contributed by atoms with E-state index in [9.17, 15) is 9.18 Å². The normalized spacial score (nSPS) is 14.7. The molecule has 1 amide bonds. The molecule has 3 aromatic rings. The van der Waals surface area contributed by atoms with Gasteiger partial charge in [-0.3, -0.25) is 4.79 Å². The number of anilines is 2. The van der Waals surface area contributed by atoms with Crippen LogP contribution in [-0.4, -0.2) is 33.8 Å². The lowest BCUT2D eigenvalue weighted by atomic mass is 9.95. The number of hydrogen-bond acceptors (Lipinski definition) is 4. The standard InChI is InChI=1S/C22H23ClFN5O/c1-14-11-15(2)29(27-14)20-5-4-18(12-19(20)24)26-22(30)16-7-9-28(10-8-16)21-6-3-17(23)13-25-21/h3-6,11-13,16H,7-10H2,1-2H3,(H,26,30). The number of benzene rings is 1. The number of aromatic nitrogens is 3. The van der Waals surface area contributed by atoms with Crippen molar-refractivity contribution >= 4 is 29.0 Å². The molecule has 4 rings (SSSR count). The van der Waals surface area contributed by atoms with E-state index in [1.165, 1.54) is 6.07 Å². The Balaban J connectivity index is 1.38. The number of nitrogens with zero attached hydrogens (tertiary/aromatic N) is 4. The maximum absolute atomic E-state index is 14.6. The summed E-state index contributed by atoms with van der Waals surface area (Å²) < 4.78 is 16.2. The molecule has 30 heavy (non-hydrogen) atoms. The van der Waals surface area contributed by atoms with Crippen LogP contribution in [0.25, 0.3) is 5.69 Å². The van der Waals surface area contributed by atoms with Crippen LogP contribution in [0.2, 0.25) is 5.02 Å². The molecule has 1 fully saturated rings. The third kappa shape index (κ3) is 4.31. The number of aryl methyl sites for hydroxylation is 2. The Kier molecular flexibility index (Phi) is 5.72. The van der Waals surface area contributed by atoms with Gasteiger partial charge in [0.2, 0.25) is 5.91 Å². The van der Waals surface area contributed by atoms with E-state index in [4.69, 9.17) is 11.6 Å². The monoisotopic (exact) mass is 427 g/mol. The van der Waals surface area contributed by atoms with Gasteiger partial charge in [-0.1, -0.05) is 11.6 Å². The second-order valence-electron chi connectivity index (χ2n) is 7.59. The molecule has 0 saturated carbocycles. The van der Waals surface area contributed by atoms with Gasteiger partial charge in [0, 0.05) is 36.6 Å². The van der Waals surface area contributed by atoms with Gasteiger partial charge in [0.15, 0.2) is 5.82 Å². The number of carbonyl (C=O) groups excluding carboxylic acids is 1. The fourth-order valence-electron chi connectivity index (χ4n) is 3.80. The van der Waals surface area contributed by atoms with E-state index in [-0.39, 0.29) is 11.8 Å². The molecule has 1 N–H and O–H groups in total. The summed E-state index contributed by atoms with van der Waals surface area (Å²) in [4.78, 5) is 19.2. The van der Waals surface area contributed by atoms with Gasteiger partial charge in [0.25, 0.3) is 0 Å². The van der Waals surface area contributed by atoms with Gasteiger partial charge in [-0.25, -0.2) is 14.1 Å². The third-order valence-corrected chi connectivity index (χ3v) is 5.58. The highest BCUT2D eigenvalue weighted by Crippen LogP contribution is 2.25. The van der Waals surface area contributed by atoms with Crippen molar-refractivity contribution in [2.45, 2.75) is 26.7 Å². The van der Waals surface area contributed by atoms with Crippen LogP contribution in [0.15, 0.2) is 42.6 Å². The zero-order chi connectivity index (χ0) is 21.3. The summed E-state index contributed by atoms with van der Waals surface area (Å²) in [6.07, 6.45) is 3.05. The third-order valence-electron chi connectivity index (χ3n) is 5.35. The molecule has 2 aromatic heterocycles. The maximum atomic E-state index is 14.6. The second-order valence-corrected chi connectivity index (χ2v) is 8.03. The molecule has 0 atom stereocenters. The van der Waals surface area contributed by atoms with E-state index in [0.29, 0.717) is 29.2 Å². The molecule has 1 aliphatic heterocycles. The van der Waals surface area contributed by atoms with Crippen molar-refractivity contribution < 1.29 is 9.18 Å². The molecule has 3 heterocycles. The summed E-state index contributed by atoms with van der Waals surface area (Å²) in [6.45, 7) is 5.21. The Morgan fingerprint density at radius 3 is 2.53 bits per heavy atom. The number of amides is 1. The Morgan fingerprint density at radius 1 is 1.17 bits per heavy atom. The van der Waals surface area contributed by atoms with Crippen molar-refractivity contribution in [2.24, 2.45) is 5.92 Å². The first-order valence-corrected chi connectivity index (χ1v) is 10.3. The molecule has 0 spiro atoms. The average Bonchev–Trinajstić information content (AvgIpc) is 3.06. The summed E-state index contributed by atoms with van der Waals surface area (Å²) in [5.41, 5.74) is 2.49. The number of hydrogen-bond donors (Lipinski definition) is 1. The van der Waals surface area contributed by atoms with E-state index in [2.05, 4.69) is 20.3 Å². The van der Waals surface area contributed by atoms with Crippen molar-refractivity contribution in [3.05, 3.63) is 64.8 Å². The summed E-state index contributed by atoms with van der Waals surface area (Å²) in [7, 11) is 0. The first kappa shape index (κ1) is 20.3. The fourth-order valence-corrected chi connectivity index (χ4v) is 3.91. The van der Waals surface area contributed by atoms with Crippen LogP contribution in [0.1, 0.15) is 24.2 Å². The van der Waals surface area contributed by atoms with Crippen molar-refractivity contribution in [1.82, 2.24) is 14.8 Å². The van der Waals surface area contributed by atoms with Gasteiger partial charge in [0.1, 0.15) is 11.5 Å². The van der Waals surface area contributed by atoms with E-state index in [1.54, 1.807) is 23.0 Å². The Morgan fingerprint density at radius 2 is 1.93 bits per heavy atom. The van der Waals surface area contributed by atoms with Gasteiger partial charge in [-0.15, -0.1) is 0 Å². The minimum absolute atomic E-state index is 0.0861. The van der Waals surface area contributed by atoms with Gasteiger partial charge in [-0.2, -0.15) is 5.10 Å². The highest BCUT2D eigenvalue weighted by molar-refractivity contribution is 6.30. The molecule has 1 aliphatic rings. The molecule has 156 valence electrons. The van der Waals surface area contributed by atoms with Crippen LogP contribution in [0.4, 0.5) is 15.9 Å². The highest BCUT2D eigenvalue weighted by atomic mass is 35.5. The number of rotatable bonds is 4. The lowest BCUT2D eigenvalue weighted by Gasteiger charge is -2.32. The molecule has 6 nitrogen and oxygen atoms in total. The second kappa shape index (κ2) is 8.44. The largest absolute Gasteiger partial charge is 0.357 e. The fraction of sp³-hybridized carbons (Fsp3) is 0.318. The minimum atomic E-state index is -0.428. The molecular weight excluding hydrogens is 405 g/mol. The van der Waals surface area contributed by atoms with Crippen LogP contribution < -0.4 is 10.2 Å². The summed E-state index contributed by atoms with van der Waals surface area (Å²) >= 11 is 5.89.